The lowest BCUT2D eigenvalue weighted by Crippen LogP contribution is -2.15. The van der Waals surface area contributed by atoms with Crippen LogP contribution in [0.3, 0.4) is 0 Å². The highest BCUT2D eigenvalue weighted by atomic mass is 32.2. The van der Waals surface area contributed by atoms with Gasteiger partial charge in [0.2, 0.25) is 0 Å². The molecule has 1 aliphatic rings. The first-order chi connectivity index (χ1) is 8.79. The summed E-state index contributed by atoms with van der Waals surface area (Å²) in [6, 6.07) is 7.72. The van der Waals surface area contributed by atoms with Crippen LogP contribution in [0.5, 0.6) is 5.75 Å². The van der Waals surface area contributed by atoms with Crippen LogP contribution in [0.4, 0.5) is 0 Å². The standard InChI is InChI=1S/C15H22O2S/c1-2-18(16)15-10-6-9-14(11-15)17-12-13-7-4-3-5-8-13/h6,9-11,13H,2-5,7-8,12H2,1H3. The van der Waals surface area contributed by atoms with Crippen molar-refractivity contribution in [3.8, 4) is 5.75 Å². The van der Waals surface area contributed by atoms with Gasteiger partial charge in [-0.25, -0.2) is 0 Å². The third-order valence-electron chi connectivity index (χ3n) is 3.54. The minimum absolute atomic E-state index is 0.659. The Labute approximate surface area is 113 Å². The second-order valence-corrected chi connectivity index (χ2v) is 6.66. The molecule has 1 fully saturated rings. The van der Waals surface area contributed by atoms with E-state index in [4.69, 9.17) is 4.74 Å². The highest BCUT2D eigenvalue weighted by Crippen LogP contribution is 2.25. The summed E-state index contributed by atoms with van der Waals surface area (Å²) in [7, 11) is 0. The zero-order valence-corrected chi connectivity index (χ0v) is 11.9. The first-order valence-corrected chi connectivity index (χ1v) is 8.22. The van der Waals surface area contributed by atoms with Gasteiger partial charge in [-0.05, 0) is 49.0 Å². The number of hydrogen-bond donors (Lipinski definition) is 0. The van der Waals surface area contributed by atoms with E-state index in [1.807, 2.05) is 31.2 Å². The first-order valence-electron chi connectivity index (χ1n) is 6.91. The average Bonchev–Trinajstić information content (AvgIpc) is 2.45. The van der Waals surface area contributed by atoms with E-state index < -0.39 is 11.2 Å². The molecule has 0 aliphatic heterocycles. The summed E-state index contributed by atoms with van der Waals surface area (Å²) in [5.41, 5.74) is 0. The van der Waals surface area contributed by atoms with Gasteiger partial charge in [-0.2, -0.15) is 0 Å². The Balaban J connectivity index is 1.88. The molecule has 0 spiro atoms. The van der Waals surface area contributed by atoms with E-state index in [9.17, 15) is 4.55 Å². The van der Waals surface area contributed by atoms with Crippen LogP contribution < -0.4 is 4.74 Å². The summed E-state index contributed by atoms with van der Waals surface area (Å²) in [4.78, 5) is 0.874. The summed E-state index contributed by atoms with van der Waals surface area (Å²) in [6.45, 7) is 2.74. The van der Waals surface area contributed by atoms with E-state index in [-0.39, 0.29) is 0 Å². The molecule has 0 N–H and O–H groups in total. The van der Waals surface area contributed by atoms with Gasteiger partial charge in [0.15, 0.2) is 4.90 Å². The highest BCUT2D eigenvalue weighted by molar-refractivity contribution is 7.91. The Morgan fingerprint density at radius 1 is 1.28 bits per heavy atom. The van der Waals surface area contributed by atoms with Crippen LogP contribution in [0.1, 0.15) is 39.0 Å². The number of benzene rings is 1. The number of ether oxygens (including phenoxy) is 1. The topological polar surface area (TPSA) is 32.3 Å². The van der Waals surface area contributed by atoms with Crippen LogP contribution in [0.25, 0.3) is 0 Å². The van der Waals surface area contributed by atoms with Gasteiger partial charge in [-0.1, -0.05) is 25.3 Å². The largest absolute Gasteiger partial charge is 0.611 e. The van der Waals surface area contributed by atoms with E-state index >= 15 is 0 Å². The molecule has 3 heteroatoms. The van der Waals surface area contributed by atoms with Crippen molar-refractivity contribution in [2.24, 2.45) is 5.92 Å². The Hall–Kier alpha value is -0.670. The Morgan fingerprint density at radius 2 is 2.06 bits per heavy atom. The van der Waals surface area contributed by atoms with E-state index in [2.05, 4.69) is 0 Å². The maximum Gasteiger partial charge on any atom is 0.156 e. The van der Waals surface area contributed by atoms with Crippen LogP contribution >= 0.6 is 0 Å². The predicted molar refractivity (Wildman–Crippen MR) is 75.5 cm³/mol. The summed E-state index contributed by atoms with van der Waals surface area (Å²) >= 11 is -0.889. The minimum Gasteiger partial charge on any atom is -0.611 e. The van der Waals surface area contributed by atoms with Crippen LogP contribution in [-0.4, -0.2) is 16.9 Å². The average molecular weight is 266 g/mol. The molecular formula is C15H22O2S. The number of rotatable bonds is 5. The van der Waals surface area contributed by atoms with Crippen LogP contribution in [0.2, 0.25) is 0 Å². The molecule has 1 saturated carbocycles. The highest BCUT2D eigenvalue weighted by Gasteiger charge is 2.14. The third kappa shape index (κ3) is 3.92. The monoisotopic (exact) mass is 266 g/mol. The van der Waals surface area contributed by atoms with Crippen molar-refractivity contribution < 1.29 is 9.29 Å². The lowest BCUT2D eigenvalue weighted by atomic mass is 9.90. The molecule has 0 amide bonds. The van der Waals surface area contributed by atoms with Crippen LogP contribution in [0, 0.1) is 5.92 Å². The molecule has 1 aromatic rings. The van der Waals surface area contributed by atoms with Gasteiger partial charge >= 0.3 is 0 Å². The smallest absolute Gasteiger partial charge is 0.156 e. The lowest BCUT2D eigenvalue weighted by Gasteiger charge is -2.21. The lowest BCUT2D eigenvalue weighted by molar-refractivity contribution is 0.208. The van der Waals surface area contributed by atoms with Crippen molar-refractivity contribution in [2.45, 2.75) is 43.9 Å². The zero-order chi connectivity index (χ0) is 12.8. The molecule has 1 unspecified atom stereocenters. The summed E-state index contributed by atoms with van der Waals surface area (Å²) < 4.78 is 17.6. The zero-order valence-electron chi connectivity index (χ0n) is 11.1. The van der Waals surface area contributed by atoms with Crippen molar-refractivity contribution in [3.05, 3.63) is 24.3 Å². The summed E-state index contributed by atoms with van der Waals surface area (Å²) in [5.74, 6) is 2.23. The second-order valence-electron chi connectivity index (χ2n) is 4.92. The van der Waals surface area contributed by atoms with Crippen molar-refractivity contribution >= 4 is 11.2 Å². The van der Waals surface area contributed by atoms with Crippen molar-refractivity contribution in [1.82, 2.24) is 0 Å². The maximum absolute atomic E-state index is 11.7. The molecule has 1 aromatic carbocycles. The fourth-order valence-electron chi connectivity index (χ4n) is 2.44. The molecule has 0 bridgehead atoms. The van der Waals surface area contributed by atoms with Crippen molar-refractivity contribution in [2.75, 3.05) is 12.4 Å². The van der Waals surface area contributed by atoms with Gasteiger partial charge in [0, 0.05) is 6.07 Å². The third-order valence-corrected chi connectivity index (χ3v) is 4.85. The molecular weight excluding hydrogens is 244 g/mol. The fraction of sp³-hybridized carbons (Fsp3) is 0.600. The van der Waals surface area contributed by atoms with Crippen LogP contribution in [0.15, 0.2) is 29.2 Å². The van der Waals surface area contributed by atoms with E-state index in [0.29, 0.717) is 11.7 Å². The predicted octanol–water partition coefficient (Wildman–Crippen LogP) is 3.77. The van der Waals surface area contributed by atoms with Gasteiger partial charge in [-0.15, -0.1) is 0 Å². The minimum atomic E-state index is -0.889. The molecule has 18 heavy (non-hydrogen) atoms. The molecule has 0 radical (unpaired) electrons. The molecule has 0 saturated heterocycles. The Bertz CT molecular complexity index is 361. The molecule has 0 aromatic heterocycles. The van der Waals surface area contributed by atoms with Gasteiger partial charge in [0.1, 0.15) is 11.5 Å². The molecule has 100 valence electrons. The Morgan fingerprint density at radius 3 is 2.78 bits per heavy atom. The molecule has 2 rings (SSSR count). The Kier molecular flexibility index (Phi) is 5.39. The second kappa shape index (κ2) is 7.05. The maximum atomic E-state index is 11.7. The van der Waals surface area contributed by atoms with E-state index in [1.54, 1.807) is 0 Å². The van der Waals surface area contributed by atoms with E-state index in [1.165, 1.54) is 32.1 Å². The quantitative estimate of drug-likeness (QED) is 0.760. The van der Waals surface area contributed by atoms with Gasteiger partial charge in [0.25, 0.3) is 0 Å². The first kappa shape index (κ1) is 13.8. The van der Waals surface area contributed by atoms with Crippen molar-refractivity contribution in [1.29, 1.82) is 0 Å². The molecule has 0 heterocycles. The van der Waals surface area contributed by atoms with Crippen LogP contribution in [-0.2, 0) is 11.2 Å². The summed E-state index contributed by atoms with van der Waals surface area (Å²) in [6.07, 6.45) is 6.64. The molecule has 1 atom stereocenters. The van der Waals surface area contributed by atoms with E-state index in [0.717, 1.165) is 17.3 Å². The van der Waals surface area contributed by atoms with Gasteiger partial charge in [-0.3, -0.25) is 0 Å². The van der Waals surface area contributed by atoms with Gasteiger partial charge in [0.05, 0.1) is 6.61 Å². The summed E-state index contributed by atoms with van der Waals surface area (Å²) in [5, 5.41) is 0. The fourth-order valence-corrected chi connectivity index (χ4v) is 3.25. The molecule has 1 aliphatic carbocycles. The normalized spacial score (nSPS) is 18.6. The van der Waals surface area contributed by atoms with Gasteiger partial charge < -0.3 is 9.29 Å². The molecule has 2 nitrogen and oxygen atoms in total. The SMILES string of the molecule is CC[S+]([O-])c1cccc(OCC2CCCCC2)c1. The van der Waals surface area contributed by atoms with Crippen molar-refractivity contribution in [3.63, 3.8) is 0 Å². The number of hydrogen-bond acceptors (Lipinski definition) is 2.